The van der Waals surface area contributed by atoms with Gasteiger partial charge < -0.3 is 0 Å². The molecule has 0 atom stereocenters. The van der Waals surface area contributed by atoms with Crippen molar-refractivity contribution < 1.29 is 0 Å². The fourth-order valence-electron chi connectivity index (χ4n) is 2.24. The Morgan fingerprint density at radius 2 is 1.80 bits per heavy atom. The molecular weight excluding hydrogens is 202 g/mol. The third-order valence-corrected chi connectivity index (χ3v) is 4.10. The molecule has 1 aromatic heterocycles. The highest BCUT2D eigenvalue weighted by Gasteiger charge is 2.17. The summed E-state index contributed by atoms with van der Waals surface area (Å²) in [7, 11) is 0. The van der Waals surface area contributed by atoms with Crippen LogP contribution in [-0.2, 0) is 6.42 Å². The highest BCUT2D eigenvalue weighted by molar-refractivity contribution is 7.09. The lowest BCUT2D eigenvalue weighted by Crippen LogP contribution is -2.16. The van der Waals surface area contributed by atoms with E-state index in [0.29, 0.717) is 0 Å². The SMILES string of the molecule is Cc1csc(CCC(C(C)C)C(C)C)n1. The highest BCUT2D eigenvalue weighted by Crippen LogP contribution is 2.26. The summed E-state index contributed by atoms with van der Waals surface area (Å²) in [4.78, 5) is 4.52. The van der Waals surface area contributed by atoms with Gasteiger partial charge in [0.15, 0.2) is 0 Å². The normalized spacial score (nSPS) is 12.0. The molecule has 0 aliphatic rings. The van der Waals surface area contributed by atoms with Crippen LogP contribution in [0.3, 0.4) is 0 Å². The van der Waals surface area contributed by atoms with Crippen LogP contribution in [0.5, 0.6) is 0 Å². The van der Waals surface area contributed by atoms with Crippen LogP contribution in [0.1, 0.15) is 44.8 Å². The molecule has 0 N–H and O–H groups in total. The Labute approximate surface area is 97.9 Å². The first-order valence-corrected chi connectivity index (χ1v) is 6.79. The number of rotatable bonds is 5. The monoisotopic (exact) mass is 225 g/mol. The fourth-order valence-corrected chi connectivity index (χ4v) is 3.04. The van der Waals surface area contributed by atoms with Gasteiger partial charge in [-0.25, -0.2) is 4.98 Å². The summed E-state index contributed by atoms with van der Waals surface area (Å²) >= 11 is 1.80. The lowest BCUT2D eigenvalue weighted by atomic mass is 9.82. The molecule has 0 unspecified atom stereocenters. The van der Waals surface area contributed by atoms with E-state index in [1.165, 1.54) is 17.1 Å². The van der Waals surface area contributed by atoms with E-state index in [1.807, 2.05) is 0 Å². The molecule has 0 bridgehead atoms. The van der Waals surface area contributed by atoms with Crippen molar-refractivity contribution in [2.45, 2.75) is 47.5 Å². The topological polar surface area (TPSA) is 12.9 Å². The van der Waals surface area contributed by atoms with Gasteiger partial charge in [-0.05, 0) is 37.5 Å². The zero-order valence-electron chi connectivity index (χ0n) is 10.6. The Bertz CT molecular complexity index is 280. The number of aryl methyl sites for hydroxylation is 2. The molecule has 0 spiro atoms. The molecule has 0 amide bonds. The second kappa shape index (κ2) is 5.64. The van der Waals surface area contributed by atoms with Crippen LogP contribution in [-0.4, -0.2) is 4.98 Å². The average molecular weight is 225 g/mol. The van der Waals surface area contributed by atoms with Gasteiger partial charge in [-0.1, -0.05) is 27.7 Å². The summed E-state index contributed by atoms with van der Waals surface area (Å²) in [5, 5.41) is 3.45. The van der Waals surface area contributed by atoms with Gasteiger partial charge in [0, 0.05) is 11.1 Å². The van der Waals surface area contributed by atoms with Crippen LogP contribution in [0.2, 0.25) is 0 Å². The van der Waals surface area contributed by atoms with Gasteiger partial charge in [-0.2, -0.15) is 0 Å². The van der Waals surface area contributed by atoms with Crippen molar-refractivity contribution in [3.05, 3.63) is 16.1 Å². The van der Waals surface area contributed by atoms with Gasteiger partial charge in [-0.15, -0.1) is 11.3 Å². The van der Waals surface area contributed by atoms with Gasteiger partial charge in [0.1, 0.15) is 0 Å². The van der Waals surface area contributed by atoms with Gasteiger partial charge in [0.05, 0.1) is 5.01 Å². The molecule has 1 aromatic rings. The van der Waals surface area contributed by atoms with E-state index in [2.05, 4.69) is 45.0 Å². The standard InChI is InChI=1S/C13H23NS/c1-9(2)12(10(3)4)6-7-13-14-11(5)8-15-13/h8-10,12H,6-7H2,1-5H3. The molecule has 0 aliphatic carbocycles. The fraction of sp³-hybridized carbons (Fsp3) is 0.769. The maximum atomic E-state index is 4.52. The summed E-state index contributed by atoms with van der Waals surface area (Å²) in [5.41, 5.74) is 1.17. The predicted molar refractivity (Wildman–Crippen MR) is 68.3 cm³/mol. The molecule has 0 radical (unpaired) electrons. The zero-order valence-corrected chi connectivity index (χ0v) is 11.4. The summed E-state index contributed by atoms with van der Waals surface area (Å²) in [6.45, 7) is 11.4. The first kappa shape index (κ1) is 12.7. The third-order valence-electron chi connectivity index (χ3n) is 3.07. The summed E-state index contributed by atoms with van der Waals surface area (Å²) in [5.74, 6) is 2.39. The minimum atomic E-state index is 0.783. The largest absolute Gasteiger partial charge is 0.247 e. The van der Waals surface area contributed by atoms with Crippen LogP contribution in [0, 0.1) is 24.7 Å². The van der Waals surface area contributed by atoms with Crippen molar-refractivity contribution in [1.82, 2.24) is 4.98 Å². The third kappa shape index (κ3) is 3.94. The van der Waals surface area contributed by atoms with E-state index >= 15 is 0 Å². The maximum Gasteiger partial charge on any atom is 0.0928 e. The molecule has 1 nitrogen and oxygen atoms in total. The molecule has 0 fully saturated rings. The van der Waals surface area contributed by atoms with Crippen LogP contribution < -0.4 is 0 Å². The first-order valence-electron chi connectivity index (χ1n) is 5.91. The molecule has 0 aliphatic heterocycles. The van der Waals surface area contributed by atoms with Crippen molar-refractivity contribution >= 4 is 11.3 Å². The highest BCUT2D eigenvalue weighted by atomic mass is 32.1. The van der Waals surface area contributed by atoms with E-state index < -0.39 is 0 Å². The van der Waals surface area contributed by atoms with E-state index in [9.17, 15) is 0 Å². The maximum absolute atomic E-state index is 4.52. The lowest BCUT2D eigenvalue weighted by Gasteiger charge is -2.24. The molecule has 1 rings (SSSR count). The Hall–Kier alpha value is -0.370. The van der Waals surface area contributed by atoms with Gasteiger partial charge >= 0.3 is 0 Å². The molecule has 0 saturated carbocycles. The van der Waals surface area contributed by atoms with Crippen LogP contribution in [0.4, 0.5) is 0 Å². The van der Waals surface area contributed by atoms with Crippen molar-refractivity contribution in [2.24, 2.45) is 17.8 Å². The van der Waals surface area contributed by atoms with Crippen LogP contribution in [0.15, 0.2) is 5.38 Å². The summed E-state index contributed by atoms with van der Waals surface area (Å²) in [6, 6.07) is 0. The Morgan fingerprint density at radius 1 is 1.20 bits per heavy atom. The minimum absolute atomic E-state index is 0.783. The van der Waals surface area contributed by atoms with Gasteiger partial charge in [-0.3, -0.25) is 0 Å². The second-order valence-corrected chi connectivity index (χ2v) is 6.02. The van der Waals surface area contributed by atoms with E-state index in [-0.39, 0.29) is 0 Å². The summed E-state index contributed by atoms with van der Waals surface area (Å²) in [6.07, 6.45) is 2.43. The first-order chi connectivity index (χ1) is 7.00. The zero-order chi connectivity index (χ0) is 11.4. The van der Waals surface area contributed by atoms with Crippen LogP contribution >= 0.6 is 11.3 Å². The predicted octanol–water partition coefficient (Wildman–Crippen LogP) is 4.31. The molecular formula is C13H23NS. The van der Waals surface area contributed by atoms with Crippen molar-refractivity contribution in [1.29, 1.82) is 0 Å². The Balaban J connectivity index is 2.47. The minimum Gasteiger partial charge on any atom is -0.247 e. The van der Waals surface area contributed by atoms with E-state index in [0.717, 1.165) is 24.2 Å². The Kier molecular flexibility index (Phi) is 4.78. The second-order valence-electron chi connectivity index (χ2n) is 5.07. The van der Waals surface area contributed by atoms with Gasteiger partial charge in [0.2, 0.25) is 0 Å². The number of nitrogens with zero attached hydrogens (tertiary/aromatic N) is 1. The van der Waals surface area contributed by atoms with Gasteiger partial charge in [0.25, 0.3) is 0 Å². The molecule has 0 aromatic carbocycles. The summed E-state index contributed by atoms with van der Waals surface area (Å²) < 4.78 is 0. The molecule has 15 heavy (non-hydrogen) atoms. The van der Waals surface area contributed by atoms with Crippen molar-refractivity contribution in [2.75, 3.05) is 0 Å². The quantitative estimate of drug-likeness (QED) is 0.727. The molecule has 86 valence electrons. The molecule has 1 heterocycles. The smallest absolute Gasteiger partial charge is 0.0928 e. The number of thiazole rings is 1. The van der Waals surface area contributed by atoms with Crippen molar-refractivity contribution in [3.63, 3.8) is 0 Å². The van der Waals surface area contributed by atoms with Crippen LogP contribution in [0.25, 0.3) is 0 Å². The Morgan fingerprint density at radius 3 is 2.20 bits per heavy atom. The van der Waals surface area contributed by atoms with E-state index in [4.69, 9.17) is 0 Å². The number of hydrogen-bond acceptors (Lipinski definition) is 2. The number of aromatic nitrogens is 1. The number of hydrogen-bond donors (Lipinski definition) is 0. The van der Waals surface area contributed by atoms with Crippen molar-refractivity contribution in [3.8, 4) is 0 Å². The lowest BCUT2D eigenvalue weighted by molar-refractivity contribution is 0.270. The van der Waals surface area contributed by atoms with E-state index in [1.54, 1.807) is 11.3 Å². The average Bonchev–Trinajstić information content (AvgIpc) is 2.50. The molecule has 2 heteroatoms. The molecule has 0 saturated heterocycles.